The van der Waals surface area contributed by atoms with Crippen molar-refractivity contribution in [1.29, 1.82) is 0 Å². The average Bonchev–Trinajstić information content (AvgIpc) is 2.72. The maximum atomic E-state index is 5.49. The highest BCUT2D eigenvalue weighted by Crippen LogP contribution is 2.05. The Hall–Kier alpha value is -0.910. The molecule has 0 saturated heterocycles. The highest BCUT2D eigenvalue weighted by atomic mass is 16.5. The monoisotopic (exact) mass is 255 g/mol. The molecule has 0 amide bonds. The molecule has 0 saturated carbocycles. The minimum absolute atomic E-state index is 0.491. The van der Waals surface area contributed by atoms with Crippen LogP contribution in [-0.4, -0.2) is 43.8 Å². The molecule has 104 valence electrons. The van der Waals surface area contributed by atoms with E-state index in [2.05, 4.69) is 29.2 Å². The molecule has 0 aliphatic rings. The average molecular weight is 255 g/mol. The summed E-state index contributed by atoms with van der Waals surface area (Å²) in [4.78, 5) is 2.08. The van der Waals surface area contributed by atoms with Crippen LogP contribution in [0.25, 0.3) is 0 Å². The van der Waals surface area contributed by atoms with E-state index in [9.17, 15) is 0 Å². The van der Waals surface area contributed by atoms with Gasteiger partial charge in [0.05, 0.1) is 12.3 Å². The van der Waals surface area contributed by atoms with Crippen LogP contribution in [0.3, 0.4) is 0 Å². The summed E-state index contributed by atoms with van der Waals surface area (Å²) in [5, 5.41) is 7.33. The van der Waals surface area contributed by atoms with Gasteiger partial charge in [0.15, 0.2) is 5.76 Å². The molecule has 0 aliphatic carbocycles. The van der Waals surface area contributed by atoms with Gasteiger partial charge in [-0.15, -0.1) is 0 Å². The van der Waals surface area contributed by atoms with Gasteiger partial charge in [-0.25, -0.2) is 0 Å². The number of nitrogens with one attached hydrogen (secondary N) is 1. The molecule has 0 aromatic carbocycles. The number of hydrogen-bond donors (Lipinski definition) is 1. The van der Waals surface area contributed by atoms with Crippen LogP contribution in [-0.2, 0) is 17.9 Å². The van der Waals surface area contributed by atoms with Gasteiger partial charge in [0.2, 0.25) is 0 Å². The molecule has 5 nitrogen and oxygen atoms in total. The van der Waals surface area contributed by atoms with Gasteiger partial charge in [0, 0.05) is 19.2 Å². The predicted molar refractivity (Wildman–Crippen MR) is 71.3 cm³/mol. The molecular formula is C13H25N3O2. The van der Waals surface area contributed by atoms with Crippen LogP contribution in [0.2, 0.25) is 0 Å². The molecule has 0 spiro atoms. The molecule has 1 N–H and O–H groups in total. The van der Waals surface area contributed by atoms with Gasteiger partial charge in [0.25, 0.3) is 0 Å². The molecular weight excluding hydrogens is 230 g/mol. The lowest BCUT2D eigenvalue weighted by Gasteiger charge is -2.08. The van der Waals surface area contributed by atoms with Crippen LogP contribution in [0.15, 0.2) is 10.6 Å². The molecule has 0 fully saturated rings. The maximum absolute atomic E-state index is 5.49. The number of rotatable bonds is 9. The van der Waals surface area contributed by atoms with Crippen LogP contribution in [0.4, 0.5) is 0 Å². The lowest BCUT2D eigenvalue weighted by Crippen LogP contribution is -2.19. The molecule has 0 bridgehead atoms. The molecule has 1 rings (SSSR count). The fraction of sp³-hybridized carbons (Fsp3) is 0.769. The largest absolute Gasteiger partial charge is 0.372 e. The molecule has 1 heterocycles. The van der Waals surface area contributed by atoms with Crippen molar-refractivity contribution in [3.05, 3.63) is 17.5 Å². The summed E-state index contributed by atoms with van der Waals surface area (Å²) in [6.45, 7) is 8.21. The smallest absolute Gasteiger partial charge is 0.162 e. The summed E-state index contributed by atoms with van der Waals surface area (Å²) in [5.41, 5.74) is 0.932. The standard InChI is InChI=1S/C13H25N3O2/c1-11(2)8-14-9-12-7-13(18-15-12)10-17-6-5-16(3)4/h7,11,14H,5-6,8-10H2,1-4H3. The Labute approximate surface area is 109 Å². The lowest BCUT2D eigenvalue weighted by atomic mass is 10.2. The summed E-state index contributed by atoms with van der Waals surface area (Å²) in [6.07, 6.45) is 0. The van der Waals surface area contributed by atoms with Crippen molar-refractivity contribution in [2.75, 3.05) is 33.8 Å². The lowest BCUT2D eigenvalue weighted by molar-refractivity contribution is 0.0884. The van der Waals surface area contributed by atoms with E-state index in [0.717, 1.165) is 31.1 Å². The Morgan fingerprint density at radius 1 is 1.44 bits per heavy atom. The molecule has 0 atom stereocenters. The van der Waals surface area contributed by atoms with Gasteiger partial charge in [-0.1, -0.05) is 19.0 Å². The Morgan fingerprint density at radius 3 is 2.89 bits per heavy atom. The number of aromatic nitrogens is 1. The van der Waals surface area contributed by atoms with Gasteiger partial charge in [-0.2, -0.15) is 0 Å². The van der Waals surface area contributed by atoms with Crippen LogP contribution >= 0.6 is 0 Å². The molecule has 1 aromatic rings. The minimum Gasteiger partial charge on any atom is -0.372 e. The highest BCUT2D eigenvalue weighted by molar-refractivity contribution is 5.04. The molecule has 0 aliphatic heterocycles. The second kappa shape index (κ2) is 8.24. The fourth-order valence-corrected chi connectivity index (χ4v) is 1.42. The van der Waals surface area contributed by atoms with E-state index in [1.807, 2.05) is 20.2 Å². The van der Waals surface area contributed by atoms with E-state index in [1.54, 1.807) is 0 Å². The maximum Gasteiger partial charge on any atom is 0.162 e. The van der Waals surface area contributed by atoms with E-state index >= 15 is 0 Å². The molecule has 0 unspecified atom stereocenters. The van der Waals surface area contributed by atoms with Crippen molar-refractivity contribution in [3.8, 4) is 0 Å². The van der Waals surface area contributed by atoms with Crippen molar-refractivity contribution in [1.82, 2.24) is 15.4 Å². The Bertz CT molecular complexity index is 324. The van der Waals surface area contributed by atoms with E-state index in [-0.39, 0.29) is 0 Å². The number of ether oxygens (including phenoxy) is 1. The quantitative estimate of drug-likeness (QED) is 0.678. The number of likely N-dealkylation sites (N-methyl/N-ethyl adjacent to an activating group) is 1. The van der Waals surface area contributed by atoms with Gasteiger partial charge >= 0.3 is 0 Å². The van der Waals surface area contributed by atoms with Gasteiger partial charge < -0.3 is 19.5 Å². The van der Waals surface area contributed by atoms with Crippen LogP contribution in [0, 0.1) is 5.92 Å². The van der Waals surface area contributed by atoms with Crippen molar-refractivity contribution in [2.24, 2.45) is 5.92 Å². The van der Waals surface area contributed by atoms with Gasteiger partial charge in [-0.3, -0.25) is 0 Å². The van der Waals surface area contributed by atoms with Crippen LogP contribution in [0.1, 0.15) is 25.3 Å². The normalized spacial score (nSPS) is 11.7. The zero-order valence-electron chi connectivity index (χ0n) is 11.9. The summed E-state index contributed by atoms with van der Waals surface area (Å²) in [5.74, 6) is 1.43. The zero-order valence-corrected chi connectivity index (χ0v) is 11.9. The van der Waals surface area contributed by atoms with Crippen LogP contribution in [0.5, 0.6) is 0 Å². The summed E-state index contributed by atoms with van der Waals surface area (Å²) in [6, 6.07) is 1.95. The molecule has 18 heavy (non-hydrogen) atoms. The topological polar surface area (TPSA) is 50.5 Å². The molecule has 5 heteroatoms. The SMILES string of the molecule is CC(C)CNCc1cc(COCCN(C)C)on1. The number of nitrogens with zero attached hydrogens (tertiary/aromatic N) is 2. The van der Waals surface area contributed by atoms with Crippen molar-refractivity contribution >= 4 is 0 Å². The second-order valence-electron chi connectivity index (χ2n) is 5.17. The third-order valence-corrected chi connectivity index (χ3v) is 2.39. The first-order valence-electron chi connectivity index (χ1n) is 6.45. The Morgan fingerprint density at radius 2 is 2.22 bits per heavy atom. The predicted octanol–water partition coefficient (Wildman–Crippen LogP) is 1.50. The van der Waals surface area contributed by atoms with Gasteiger partial charge in [0.1, 0.15) is 6.61 Å². The van der Waals surface area contributed by atoms with E-state index in [4.69, 9.17) is 9.26 Å². The third kappa shape index (κ3) is 6.74. The first-order valence-corrected chi connectivity index (χ1v) is 6.45. The number of hydrogen-bond acceptors (Lipinski definition) is 5. The highest BCUT2D eigenvalue weighted by Gasteiger charge is 2.04. The van der Waals surface area contributed by atoms with Gasteiger partial charge in [-0.05, 0) is 26.6 Å². The molecule has 0 radical (unpaired) electrons. The van der Waals surface area contributed by atoms with Crippen molar-refractivity contribution in [2.45, 2.75) is 27.0 Å². The second-order valence-corrected chi connectivity index (χ2v) is 5.17. The first-order chi connectivity index (χ1) is 8.58. The molecule has 1 aromatic heterocycles. The summed E-state index contributed by atoms with van der Waals surface area (Å²) >= 11 is 0. The first kappa shape index (κ1) is 15.1. The Balaban J connectivity index is 2.17. The minimum atomic E-state index is 0.491. The van der Waals surface area contributed by atoms with Crippen molar-refractivity contribution < 1.29 is 9.26 Å². The summed E-state index contributed by atoms with van der Waals surface area (Å²) < 4.78 is 10.7. The summed E-state index contributed by atoms with van der Waals surface area (Å²) in [7, 11) is 4.05. The zero-order chi connectivity index (χ0) is 13.4. The third-order valence-electron chi connectivity index (χ3n) is 2.39. The van der Waals surface area contributed by atoms with Crippen LogP contribution < -0.4 is 5.32 Å². The van der Waals surface area contributed by atoms with E-state index in [1.165, 1.54) is 0 Å². The fourth-order valence-electron chi connectivity index (χ4n) is 1.42. The van der Waals surface area contributed by atoms with Crippen molar-refractivity contribution in [3.63, 3.8) is 0 Å². The van der Waals surface area contributed by atoms with E-state index in [0.29, 0.717) is 19.1 Å². The Kier molecular flexibility index (Phi) is 6.93. The van der Waals surface area contributed by atoms with E-state index < -0.39 is 0 Å².